The van der Waals surface area contributed by atoms with Crippen LogP contribution in [0.2, 0.25) is 0 Å². The lowest BCUT2D eigenvalue weighted by Crippen LogP contribution is -2.03. The van der Waals surface area contributed by atoms with Crippen LogP contribution in [-0.2, 0) is 16.0 Å². The predicted octanol–water partition coefficient (Wildman–Crippen LogP) is 3.36. The summed E-state index contributed by atoms with van der Waals surface area (Å²) in [5.41, 5.74) is 2.13. The van der Waals surface area contributed by atoms with Crippen LogP contribution in [0, 0.1) is 0 Å². The van der Waals surface area contributed by atoms with Gasteiger partial charge in [-0.25, -0.2) is 0 Å². The number of benzene rings is 1. The summed E-state index contributed by atoms with van der Waals surface area (Å²) in [6, 6.07) is 3.45. The standard InChI is InChI=1S/C10H7BrClNO2.C2H2Cl2O/c11-7-3-8-5(2-10(15)13-8)1-6(7)9(14)4-12;3-1-2(4)5/h1,3H,2,4H2,(H,13,15);1H2. The van der Waals surface area contributed by atoms with Gasteiger partial charge in [0.2, 0.25) is 11.1 Å². The first-order valence-electron chi connectivity index (χ1n) is 5.34. The summed E-state index contributed by atoms with van der Waals surface area (Å²) in [7, 11) is 0. The molecule has 0 fully saturated rings. The summed E-state index contributed by atoms with van der Waals surface area (Å²) >= 11 is 18.3. The molecule has 1 aliphatic rings. The first-order valence-corrected chi connectivity index (χ1v) is 7.58. The van der Waals surface area contributed by atoms with Crippen molar-refractivity contribution in [3.63, 3.8) is 0 Å². The predicted molar refractivity (Wildman–Crippen MR) is 83.1 cm³/mol. The summed E-state index contributed by atoms with van der Waals surface area (Å²) in [5.74, 6) is -0.349. The number of anilines is 1. The second-order valence-corrected chi connectivity index (χ2v) is 5.57. The topological polar surface area (TPSA) is 63.2 Å². The third kappa shape index (κ3) is 4.74. The van der Waals surface area contributed by atoms with Crippen LogP contribution in [0.5, 0.6) is 0 Å². The molecule has 0 atom stereocenters. The molecule has 0 unspecified atom stereocenters. The Kier molecular flexibility index (Phi) is 6.95. The maximum absolute atomic E-state index is 11.4. The average molecular weight is 401 g/mol. The van der Waals surface area contributed by atoms with E-state index in [0.29, 0.717) is 16.5 Å². The Labute approximate surface area is 138 Å². The highest BCUT2D eigenvalue weighted by Crippen LogP contribution is 2.30. The van der Waals surface area contributed by atoms with Gasteiger partial charge in [-0.1, -0.05) is 0 Å². The van der Waals surface area contributed by atoms with Gasteiger partial charge in [-0.2, -0.15) is 0 Å². The maximum atomic E-state index is 11.4. The summed E-state index contributed by atoms with van der Waals surface area (Å²) in [5, 5.41) is 2.20. The largest absolute Gasteiger partial charge is 0.325 e. The van der Waals surface area contributed by atoms with Gasteiger partial charge in [-0.15, -0.1) is 23.2 Å². The van der Waals surface area contributed by atoms with Crippen molar-refractivity contribution in [2.75, 3.05) is 17.1 Å². The first kappa shape index (κ1) is 17.4. The van der Waals surface area contributed by atoms with Crippen LogP contribution in [0.1, 0.15) is 15.9 Å². The van der Waals surface area contributed by atoms with Gasteiger partial charge in [0.1, 0.15) is 0 Å². The fourth-order valence-electron chi connectivity index (χ4n) is 1.53. The van der Waals surface area contributed by atoms with Gasteiger partial charge in [-0.3, -0.25) is 14.4 Å². The number of hydrogen-bond acceptors (Lipinski definition) is 3. The zero-order valence-electron chi connectivity index (χ0n) is 10.0. The highest BCUT2D eigenvalue weighted by atomic mass is 79.9. The highest BCUT2D eigenvalue weighted by molar-refractivity contribution is 9.10. The van der Waals surface area contributed by atoms with Gasteiger partial charge < -0.3 is 5.32 Å². The van der Waals surface area contributed by atoms with E-state index in [1.165, 1.54) is 0 Å². The summed E-state index contributed by atoms with van der Waals surface area (Å²) < 4.78 is 0.661. The normalized spacial score (nSPS) is 12.1. The zero-order valence-corrected chi connectivity index (χ0v) is 13.9. The molecular formula is C12H9BrCl3NO3. The van der Waals surface area contributed by atoms with E-state index in [0.717, 1.165) is 11.3 Å². The third-order valence-electron chi connectivity index (χ3n) is 2.34. The van der Waals surface area contributed by atoms with E-state index in [4.69, 9.17) is 34.8 Å². The van der Waals surface area contributed by atoms with E-state index in [2.05, 4.69) is 21.2 Å². The van der Waals surface area contributed by atoms with Gasteiger partial charge in [0.15, 0.2) is 5.78 Å². The molecule has 1 N–H and O–H groups in total. The number of halogens is 4. The fourth-order valence-corrected chi connectivity index (χ4v) is 2.24. The number of amides is 1. The van der Waals surface area contributed by atoms with Crippen molar-refractivity contribution in [1.82, 2.24) is 0 Å². The molecule has 2 rings (SSSR count). The molecule has 0 saturated heterocycles. The number of alkyl halides is 2. The molecule has 1 aromatic rings. The number of carbonyl (C=O) groups excluding carboxylic acids is 3. The molecule has 8 heteroatoms. The molecule has 0 radical (unpaired) electrons. The number of ketones is 1. The van der Waals surface area contributed by atoms with Crippen LogP contribution in [0.3, 0.4) is 0 Å². The van der Waals surface area contributed by atoms with Crippen LogP contribution >= 0.6 is 50.7 Å². The maximum Gasteiger partial charge on any atom is 0.236 e. The van der Waals surface area contributed by atoms with Crippen LogP contribution < -0.4 is 5.32 Å². The van der Waals surface area contributed by atoms with Gasteiger partial charge in [0, 0.05) is 15.7 Å². The van der Waals surface area contributed by atoms with E-state index < -0.39 is 5.24 Å². The quantitative estimate of drug-likeness (QED) is 0.480. The third-order valence-corrected chi connectivity index (χ3v) is 3.76. The lowest BCUT2D eigenvalue weighted by atomic mass is 10.1. The molecule has 0 spiro atoms. The Bertz CT molecular complexity index is 563. The first-order chi connectivity index (χ1) is 9.38. The lowest BCUT2D eigenvalue weighted by Gasteiger charge is -2.04. The minimum atomic E-state index is -0.508. The van der Waals surface area contributed by atoms with Gasteiger partial charge in [0.25, 0.3) is 0 Å². The lowest BCUT2D eigenvalue weighted by molar-refractivity contribution is -0.115. The van der Waals surface area contributed by atoms with Crippen molar-refractivity contribution in [1.29, 1.82) is 0 Å². The number of carbonyl (C=O) groups is 3. The number of nitrogens with one attached hydrogen (secondary N) is 1. The van der Waals surface area contributed by atoms with Crippen LogP contribution in [0.4, 0.5) is 5.69 Å². The smallest absolute Gasteiger partial charge is 0.236 e. The SMILES string of the molecule is O=C(Cl)CCl.O=C1Cc2cc(C(=O)CCl)c(Br)cc2N1. The molecule has 1 aromatic carbocycles. The molecule has 0 aliphatic carbocycles. The molecule has 0 saturated carbocycles. The summed E-state index contributed by atoms with van der Waals surface area (Å²) in [6.07, 6.45) is 0.325. The summed E-state index contributed by atoms with van der Waals surface area (Å²) in [4.78, 5) is 32.0. The minimum absolute atomic E-state index is 0.0487. The minimum Gasteiger partial charge on any atom is -0.325 e. The van der Waals surface area contributed by atoms with Crippen molar-refractivity contribution < 1.29 is 14.4 Å². The number of fused-ring (bicyclic) bond motifs is 1. The second kappa shape index (κ2) is 7.98. The Morgan fingerprint density at radius 1 is 1.25 bits per heavy atom. The molecule has 1 amide bonds. The summed E-state index contributed by atoms with van der Waals surface area (Å²) in [6.45, 7) is 0. The van der Waals surface area contributed by atoms with Gasteiger partial charge >= 0.3 is 0 Å². The van der Waals surface area contributed by atoms with Crippen molar-refractivity contribution in [3.8, 4) is 0 Å². The van der Waals surface area contributed by atoms with Crippen molar-refractivity contribution in [2.45, 2.75) is 6.42 Å². The zero-order chi connectivity index (χ0) is 15.3. The Morgan fingerprint density at radius 3 is 2.35 bits per heavy atom. The average Bonchev–Trinajstić information content (AvgIpc) is 2.76. The Morgan fingerprint density at radius 2 is 1.85 bits per heavy atom. The van der Waals surface area contributed by atoms with Crippen LogP contribution in [-0.4, -0.2) is 28.7 Å². The van der Waals surface area contributed by atoms with E-state index in [1.54, 1.807) is 12.1 Å². The molecule has 4 nitrogen and oxygen atoms in total. The van der Waals surface area contributed by atoms with Crippen molar-refractivity contribution in [3.05, 3.63) is 27.7 Å². The van der Waals surface area contributed by atoms with Crippen LogP contribution in [0.25, 0.3) is 0 Å². The van der Waals surface area contributed by atoms with Crippen molar-refractivity contribution >= 4 is 73.4 Å². The number of rotatable bonds is 3. The van der Waals surface area contributed by atoms with Gasteiger partial charge in [0.05, 0.1) is 18.2 Å². The van der Waals surface area contributed by atoms with Gasteiger partial charge in [-0.05, 0) is 45.2 Å². The Balaban J connectivity index is 0.000000347. The van der Waals surface area contributed by atoms with Crippen molar-refractivity contribution in [2.24, 2.45) is 0 Å². The second-order valence-electron chi connectivity index (χ2n) is 3.76. The molecule has 0 aromatic heterocycles. The molecule has 1 aliphatic heterocycles. The van der Waals surface area contributed by atoms with E-state index in [9.17, 15) is 14.4 Å². The van der Waals surface area contributed by atoms with E-state index in [1.807, 2.05) is 0 Å². The molecule has 0 bridgehead atoms. The molecule has 1 heterocycles. The molecule has 20 heavy (non-hydrogen) atoms. The molecule has 108 valence electrons. The van der Waals surface area contributed by atoms with Crippen LogP contribution in [0.15, 0.2) is 16.6 Å². The molecular weight excluding hydrogens is 392 g/mol. The highest BCUT2D eigenvalue weighted by Gasteiger charge is 2.21. The number of Topliss-reactive ketones (excluding diaryl/α,β-unsaturated/α-hetero) is 1. The van der Waals surface area contributed by atoms with E-state index in [-0.39, 0.29) is 23.5 Å². The number of hydrogen-bond donors (Lipinski definition) is 1. The monoisotopic (exact) mass is 399 g/mol. The fraction of sp³-hybridized carbons (Fsp3) is 0.250. The van der Waals surface area contributed by atoms with E-state index >= 15 is 0 Å². The Hall–Kier alpha value is -0.620.